The number of carboxylic acid groups (broad SMARTS) is 1. The van der Waals surface area contributed by atoms with Crippen LogP contribution in [0.4, 0.5) is 4.79 Å². The smallest absolute Gasteiger partial charge is 0.323 e. The van der Waals surface area contributed by atoms with Gasteiger partial charge in [0, 0.05) is 48.2 Å². The molecule has 0 unspecified atom stereocenters. The maximum atomic E-state index is 11.6. The van der Waals surface area contributed by atoms with Crippen molar-refractivity contribution in [2.45, 2.75) is 94.9 Å². The number of ether oxygens (including phenoxy) is 1. The Hall–Kier alpha value is -3.27. The highest BCUT2D eigenvalue weighted by atomic mass is 16.6. The molecular weight excluding hydrogens is 528 g/mol. The number of imide groups is 1. The monoisotopic (exact) mass is 590 g/mol. The molecule has 0 aliphatic rings. The fourth-order valence-electron chi connectivity index (χ4n) is 2.93. The molecular formula is C29H62N6O6. The van der Waals surface area contributed by atoms with Gasteiger partial charge in [-0.1, -0.05) is 56.4 Å². The summed E-state index contributed by atoms with van der Waals surface area (Å²) in [7, 11) is 9.52. The van der Waals surface area contributed by atoms with Crippen molar-refractivity contribution in [2.24, 2.45) is 32.7 Å². The van der Waals surface area contributed by atoms with E-state index in [1.54, 1.807) is 28.2 Å². The lowest BCUT2D eigenvalue weighted by atomic mass is 10.0. The van der Waals surface area contributed by atoms with Gasteiger partial charge in [0.25, 0.3) is 6.02 Å². The zero-order valence-electron chi connectivity index (χ0n) is 26.3. The van der Waals surface area contributed by atoms with Crippen LogP contribution in [0.2, 0.25) is 0 Å². The summed E-state index contributed by atoms with van der Waals surface area (Å²) in [6.45, 7) is 11.6. The van der Waals surface area contributed by atoms with Crippen molar-refractivity contribution in [3.63, 3.8) is 0 Å². The fraction of sp³-hybridized carbons (Fsp3) is 0.793. The van der Waals surface area contributed by atoms with Crippen LogP contribution in [0.1, 0.15) is 94.9 Å². The van der Waals surface area contributed by atoms with E-state index < -0.39 is 5.97 Å². The molecule has 0 heterocycles. The quantitative estimate of drug-likeness (QED) is 0.179. The second kappa shape index (κ2) is 34.8. The summed E-state index contributed by atoms with van der Waals surface area (Å²) in [5.41, 5.74) is 0. The Labute approximate surface area is 250 Å². The van der Waals surface area contributed by atoms with Crippen LogP contribution in [0, 0.1) is 17.8 Å². The number of aliphatic imine (C=N–C) groups is 3. The van der Waals surface area contributed by atoms with E-state index in [2.05, 4.69) is 31.6 Å². The molecule has 0 aromatic rings. The number of esters is 1. The Balaban J connectivity index is -0.000000103. The van der Waals surface area contributed by atoms with Crippen LogP contribution in [0.25, 0.3) is 0 Å². The summed E-state index contributed by atoms with van der Waals surface area (Å²) in [4.78, 5) is 56.0. The molecule has 3 amide bonds. The molecule has 0 aromatic carbocycles. The number of urea groups is 1. The standard InChI is InChI=1S/2C9H18N2O2.C6H12O2.C3H6N2.2CH4/c1-5-7(6-2)8(12)13-9(10-3)11-4;1-5-7(6-2)8(12)11(4)9(13)10-3;1-3-5(4-2)6(7)8;1-4-3-5-2;;/h7H,5-6H2,1-4H3,(H,10,11);7H,5-6H2,1-4H3,(H,10,13);5H,3-4H2,1-2H3,(H,7,8);1-2H3;2*1H4. The van der Waals surface area contributed by atoms with Crippen molar-refractivity contribution in [1.29, 1.82) is 0 Å². The van der Waals surface area contributed by atoms with Crippen molar-refractivity contribution in [1.82, 2.24) is 15.5 Å². The van der Waals surface area contributed by atoms with E-state index >= 15 is 0 Å². The zero-order valence-corrected chi connectivity index (χ0v) is 26.3. The first kappa shape index (κ1) is 50.6. The van der Waals surface area contributed by atoms with E-state index in [0.29, 0.717) is 0 Å². The number of rotatable bonds is 9. The Morgan fingerprint density at radius 3 is 1.34 bits per heavy atom. The molecule has 0 bridgehead atoms. The van der Waals surface area contributed by atoms with Crippen molar-refractivity contribution in [2.75, 3.05) is 42.3 Å². The van der Waals surface area contributed by atoms with Gasteiger partial charge in [-0.15, -0.1) is 0 Å². The first-order chi connectivity index (χ1) is 18.4. The van der Waals surface area contributed by atoms with E-state index in [1.807, 2.05) is 41.5 Å². The summed E-state index contributed by atoms with van der Waals surface area (Å²) in [5, 5.41) is 13.5. The topological polar surface area (TPSA) is 162 Å². The highest BCUT2D eigenvalue weighted by Crippen LogP contribution is 2.11. The number of amidine groups is 1. The lowest BCUT2D eigenvalue weighted by molar-refractivity contribution is -0.142. The van der Waals surface area contributed by atoms with Crippen molar-refractivity contribution in [3.05, 3.63) is 0 Å². The van der Waals surface area contributed by atoms with E-state index in [4.69, 9.17) is 9.84 Å². The fourth-order valence-corrected chi connectivity index (χ4v) is 2.93. The van der Waals surface area contributed by atoms with Crippen LogP contribution in [0.5, 0.6) is 0 Å². The maximum absolute atomic E-state index is 11.6. The predicted molar refractivity (Wildman–Crippen MR) is 171 cm³/mol. The molecule has 0 radical (unpaired) electrons. The zero-order chi connectivity index (χ0) is 31.4. The summed E-state index contributed by atoms with van der Waals surface area (Å²) >= 11 is 0. The molecule has 0 spiro atoms. The highest BCUT2D eigenvalue weighted by Gasteiger charge is 2.22. The van der Waals surface area contributed by atoms with Gasteiger partial charge in [0.15, 0.2) is 0 Å². The minimum absolute atomic E-state index is 0. The van der Waals surface area contributed by atoms with E-state index in [0.717, 1.165) is 43.4 Å². The predicted octanol–water partition coefficient (Wildman–Crippen LogP) is 5.59. The average molecular weight is 591 g/mol. The molecule has 0 saturated heterocycles. The maximum Gasteiger partial charge on any atom is 0.323 e. The number of carbonyl (C=O) groups excluding carboxylic acids is 3. The number of hydrogen-bond donors (Lipinski definition) is 3. The number of carboxylic acids is 1. The molecule has 0 aliphatic carbocycles. The van der Waals surface area contributed by atoms with Gasteiger partial charge in [0.05, 0.1) is 17.8 Å². The third-order valence-corrected chi connectivity index (χ3v) is 5.65. The molecule has 0 aliphatic heterocycles. The van der Waals surface area contributed by atoms with Crippen LogP contribution < -0.4 is 10.6 Å². The Bertz CT molecular complexity index is 749. The minimum atomic E-state index is -0.671. The molecule has 0 fully saturated rings. The Morgan fingerprint density at radius 2 is 1.15 bits per heavy atom. The summed E-state index contributed by atoms with van der Waals surface area (Å²) in [6, 6.07) is 2.29. The van der Waals surface area contributed by atoms with Crippen LogP contribution in [-0.4, -0.2) is 88.2 Å². The van der Waals surface area contributed by atoms with E-state index in [-0.39, 0.29) is 56.5 Å². The van der Waals surface area contributed by atoms with Gasteiger partial charge in [-0.25, -0.2) is 19.8 Å². The lowest BCUT2D eigenvalue weighted by Gasteiger charge is -2.19. The molecule has 12 heteroatoms. The number of aliphatic carboxylic acids is 1. The summed E-state index contributed by atoms with van der Waals surface area (Å²) in [6.07, 6.45) is 4.64. The second-order valence-corrected chi connectivity index (χ2v) is 8.08. The van der Waals surface area contributed by atoms with Gasteiger partial charge in [-0.2, -0.15) is 0 Å². The normalized spacial score (nSPS) is 9.39. The van der Waals surface area contributed by atoms with Crippen molar-refractivity contribution < 1.29 is 29.0 Å². The minimum Gasteiger partial charge on any atom is -0.481 e. The number of carbonyl (C=O) groups is 4. The Kier molecular flexibility index (Phi) is 42.9. The second-order valence-electron chi connectivity index (χ2n) is 8.08. The molecule has 0 atom stereocenters. The SMILES string of the molecule is C.C.CCC(CC)C(=O)N(C)C(=O)NC.CCC(CC)C(=O)O.CCC(CC)C(=O)OC(=NC)NC.CN=C=NC. The van der Waals surface area contributed by atoms with Gasteiger partial charge in [0.1, 0.15) is 0 Å². The Morgan fingerprint density at radius 1 is 0.756 bits per heavy atom. The van der Waals surface area contributed by atoms with Gasteiger partial charge >= 0.3 is 18.0 Å². The lowest BCUT2D eigenvalue weighted by Crippen LogP contribution is -2.42. The average Bonchev–Trinajstić information content (AvgIpc) is 2.94. The molecule has 244 valence electrons. The molecule has 12 nitrogen and oxygen atoms in total. The third-order valence-electron chi connectivity index (χ3n) is 5.65. The number of hydrogen-bond acceptors (Lipinski definition) is 8. The molecule has 3 N–H and O–H groups in total. The number of nitrogens with one attached hydrogen (secondary N) is 2. The molecule has 0 saturated carbocycles. The van der Waals surface area contributed by atoms with Gasteiger partial charge in [-0.3, -0.25) is 19.3 Å². The van der Waals surface area contributed by atoms with Crippen molar-refractivity contribution >= 4 is 35.9 Å². The van der Waals surface area contributed by atoms with Crippen LogP contribution in [0.15, 0.2) is 15.0 Å². The van der Waals surface area contributed by atoms with Gasteiger partial charge in [0.2, 0.25) is 5.91 Å². The molecule has 0 aromatic heterocycles. The molecule has 0 rings (SSSR count). The largest absolute Gasteiger partial charge is 0.481 e. The van der Waals surface area contributed by atoms with Crippen LogP contribution in [-0.2, 0) is 19.1 Å². The van der Waals surface area contributed by atoms with Crippen LogP contribution >= 0.6 is 0 Å². The van der Waals surface area contributed by atoms with Crippen molar-refractivity contribution in [3.8, 4) is 0 Å². The van der Waals surface area contributed by atoms with Gasteiger partial charge < -0.3 is 20.5 Å². The first-order valence-corrected chi connectivity index (χ1v) is 13.4. The number of nitrogens with zero attached hydrogens (tertiary/aromatic N) is 4. The summed E-state index contributed by atoms with van der Waals surface area (Å²) in [5.74, 6) is -1.18. The highest BCUT2D eigenvalue weighted by molar-refractivity contribution is 5.95. The van der Waals surface area contributed by atoms with E-state index in [1.165, 1.54) is 14.1 Å². The number of amides is 3. The van der Waals surface area contributed by atoms with Crippen LogP contribution in [0.3, 0.4) is 0 Å². The molecule has 41 heavy (non-hydrogen) atoms. The van der Waals surface area contributed by atoms with E-state index in [9.17, 15) is 19.2 Å². The van der Waals surface area contributed by atoms with Gasteiger partial charge in [-0.05, 0) is 38.5 Å². The summed E-state index contributed by atoms with van der Waals surface area (Å²) < 4.78 is 4.99. The third kappa shape index (κ3) is 26.7. The first-order valence-electron chi connectivity index (χ1n) is 13.4.